The van der Waals surface area contributed by atoms with Crippen molar-refractivity contribution in [2.45, 2.75) is 62.7 Å². The number of nitrogens with two attached hydrogens (primary N) is 1. The van der Waals surface area contributed by atoms with Gasteiger partial charge in [0, 0.05) is 19.3 Å². The minimum atomic E-state index is -1.31. The van der Waals surface area contributed by atoms with E-state index in [0.29, 0.717) is 24.1 Å². The van der Waals surface area contributed by atoms with E-state index in [1.807, 2.05) is 0 Å². The fourth-order valence-electron chi connectivity index (χ4n) is 4.41. The molecule has 0 saturated carbocycles. The monoisotopic (exact) mass is 553 g/mol. The van der Waals surface area contributed by atoms with Gasteiger partial charge in [-0.2, -0.15) is 0 Å². The Balaban J connectivity index is 1.77. The molecule has 2 aromatic carbocycles. The number of aliphatic carboxylic acids is 1. The van der Waals surface area contributed by atoms with Crippen molar-refractivity contribution in [2.75, 3.05) is 6.54 Å². The Bertz CT molecular complexity index is 1180. The van der Waals surface area contributed by atoms with Crippen molar-refractivity contribution >= 4 is 29.6 Å². The lowest BCUT2D eigenvalue weighted by Crippen LogP contribution is -2.57. The summed E-state index contributed by atoms with van der Waals surface area (Å²) in [5, 5.41) is 30.1. The maximum atomic E-state index is 13.4. The summed E-state index contributed by atoms with van der Waals surface area (Å²) in [6, 6.07) is 10.7. The second-order valence-corrected chi connectivity index (χ2v) is 9.74. The first-order valence-electron chi connectivity index (χ1n) is 13.1. The van der Waals surface area contributed by atoms with Gasteiger partial charge in [0.05, 0.1) is 6.04 Å². The van der Waals surface area contributed by atoms with E-state index in [4.69, 9.17) is 5.73 Å². The van der Waals surface area contributed by atoms with Gasteiger partial charge in [-0.05, 0) is 49.1 Å². The zero-order valence-electron chi connectivity index (χ0n) is 22.0. The average Bonchev–Trinajstić information content (AvgIpc) is 3.47. The van der Waals surface area contributed by atoms with Crippen molar-refractivity contribution in [2.24, 2.45) is 5.73 Å². The van der Waals surface area contributed by atoms with Crippen molar-refractivity contribution in [1.82, 2.24) is 21.3 Å². The molecule has 2 aromatic rings. The van der Waals surface area contributed by atoms with E-state index >= 15 is 0 Å². The van der Waals surface area contributed by atoms with E-state index in [-0.39, 0.29) is 31.4 Å². The molecule has 1 aliphatic heterocycles. The molecule has 1 fully saturated rings. The number of carbonyl (C=O) groups excluding carboxylic acids is 4. The van der Waals surface area contributed by atoms with Crippen molar-refractivity contribution in [3.05, 3.63) is 65.7 Å². The van der Waals surface area contributed by atoms with Crippen LogP contribution < -0.4 is 27.0 Å². The first-order chi connectivity index (χ1) is 19.1. The first kappa shape index (κ1) is 30.1. The SMILES string of the molecule is NC(=O)CC[C@H](NC(=O)[C@@H]1CCCN1)C(=O)N[C@@H](Cc1ccccc1)C(=O)N[C@@H](Cc1ccc(O)cc1)C(=O)O. The van der Waals surface area contributed by atoms with Gasteiger partial charge in [-0.1, -0.05) is 42.5 Å². The molecule has 8 N–H and O–H groups in total. The number of benzene rings is 2. The van der Waals surface area contributed by atoms with Crippen LogP contribution in [0.15, 0.2) is 54.6 Å². The number of phenols is 1. The van der Waals surface area contributed by atoms with Crippen LogP contribution in [0.1, 0.15) is 36.8 Å². The molecule has 1 aliphatic rings. The Morgan fingerprint density at radius 3 is 2.05 bits per heavy atom. The number of rotatable bonds is 14. The lowest BCUT2D eigenvalue weighted by Gasteiger charge is -2.25. The van der Waals surface area contributed by atoms with Crippen LogP contribution in [-0.2, 0) is 36.8 Å². The quantitative estimate of drug-likeness (QED) is 0.166. The molecule has 4 atom stereocenters. The van der Waals surface area contributed by atoms with Gasteiger partial charge in [-0.15, -0.1) is 0 Å². The summed E-state index contributed by atoms with van der Waals surface area (Å²) >= 11 is 0. The first-order valence-corrected chi connectivity index (χ1v) is 13.1. The number of carboxylic acids is 1. The van der Waals surface area contributed by atoms with Gasteiger partial charge in [0.25, 0.3) is 0 Å². The lowest BCUT2D eigenvalue weighted by atomic mass is 10.0. The molecule has 12 heteroatoms. The number of hydrogen-bond donors (Lipinski definition) is 7. The molecular formula is C28H35N5O7. The molecule has 214 valence electrons. The Kier molecular flexibility index (Phi) is 11.0. The van der Waals surface area contributed by atoms with E-state index < -0.39 is 53.8 Å². The van der Waals surface area contributed by atoms with E-state index in [1.54, 1.807) is 42.5 Å². The summed E-state index contributed by atoms with van der Waals surface area (Å²) in [4.78, 5) is 62.8. The number of carbonyl (C=O) groups is 5. The number of nitrogens with one attached hydrogen (secondary N) is 4. The van der Waals surface area contributed by atoms with Crippen LogP contribution in [0.4, 0.5) is 0 Å². The van der Waals surface area contributed by atoms with E-state index in [0.717, 1.165) is 6.42 Å². The molecule has 0 radical (unpaired) electrons. The molecule has 0 spiro atoms. The van der Waals surface area contributed by atoms with E-state index in [9.17, 15) is 34.2 Å². The molecule has 4 amide bonds. The number of primary amides is 1. The number of carboxylic acid groups (broad SMARTS) is 1. The zero-order chi connectivity index (χ0) is 29.1. The van der Waals surface area contributed by atoms with Crippen LogP contribution in [0.2, 0.25) is 0 Å². The Labute approximate surface area is 231 Å². The topological polar surface area (TPSA) is 200 Å². The van der Waals surface area contributed by atoms with Crippen molar-refractivity contribution < 1.29 is 34.2 Å². The third-order valence-corrected chi connectivity index (χ3v) is 6.60. The average molecular weight is 554 g/mol. The van der Waals surface area contributed by atoms with Crippen LogP contribution in [0, 0.1) is 0 Å². The molecule has 1 heterocycles. The van der Waals surface area contributed by atoms with Crippen LogP contribution in [0.25, 0.3) is 0 Å². The zero-order valence-corrected chi connectivity index (χ0v) is 22.0. The van der Waals surface area contributed by atoms with Gasteiger partial charge in [0.1, 0.15) is 23.9 Å². The van der Waals surface area contributed by atoms with Gasteiger partial charge in [0.15, 0.2) is 0 Å². The van der Waals surface area contributed by atoms with E-state index in [2.05, 4.69) is 21.3 Å². The van der Waals surface area contributed by atoms with Gasteiger partial charge in [-0.25, -0.2) is 4.79 Å². The molecule has 0 aliphatic carbocycles. The summed E-state index contributed by atoms with van der Waals surface area (Å²) < 4.78 is 0. The third kappa shape index (κ3) is 9.38. The third-order valence-electron chi connectivity index (χ3n) is 6.60. The second-order valence-electron chi connectivity index (χ2n) is 9.74. The smallest absolute Gasteiger partial charge is 0.326 e. The van der Waals surface area contributed by atoms with E-state index in [1.165, 1.54) is 12.1 Å². The van der Waals surface area contributed by atoms with Crippen LogP contribution in [0.5, 0.6) is 5.75 Å². The van der Waals surface area contributed by atoms with Gasteiger partial charge in [0.2, 0.25) is 23.6 Å². The fraction of sp³-hybridized carbons (Fsp3) is 0.393. The summed E-state index contributed by atoms with van der Waals surface area (Å²) in [7, 11) is 0. The Hall–Kier alpha value is -4.45. The van der Waals surface area contributed by atoms with Crippen molar-refractivity contribution in [3.63, 3.8) is 0 Å². The molecule has 0 unspecified atom stereocenters. The second kappa shape index (κ2) is 14.6. The highest BCUT2D eigenvalue weighted by atomic mass is 16.4. The van der Waals surface area contributed by atoms with Crippen LogP contribution in [0.3, 0.4) is 0 Å². The number of amides is 4. The Morgan fingerprint density at radius 1 is 0.850 bits per heavy atom. The number of hydrogen-bond acceptors (Lipinski definition) is 7. The van der Waals surface area contributed by atoms with Crippen molar-refractivity contribution in [3.8, 4) is 5.75 Å². The molecule has 40 heavy (non-hydrogen) atoms. The lowest BCUT2D eigenvalue weighted by molar-refractivity contribution is -0.142. The minimum absolute atomic E-state index is 0.0204. The van der Waals surface area contributed by atoms with Gasteiger partial charge >= 0.3 is 5.97 Å². The predicted molar refractivity (Wildman–Crippen MR) is 145 cm³/mol. The summed E-state index contributed by atoms with van der Waals surface area (Å²) in [6.45, 7) is 0.671. The summed E-state index contributed by atoms with van der Waals surface area (Å²) in [5.74, 6) is -3.74. The predicted octanol–water partition coefficient (Wildman–Crippen LogP) is -0.266. The molecular weight excluding hydrogens is 518 g/mol. The number of phenolic OH excluding ortho intramolecular Hbond substituents is 1. The summed E-state index contributed by atoms with van der Waals surface area (Å²) in [5.41, 5.74) is 6.55. The molecule has 1 saturated heterocycles. The summed E-state index contributed by atoms with van der Waals surface area (Å²) in [6.07, 6.45) is 1.17. The highest BCUT2D eigenvalue weighted by molar-refractivity contribution is 5.94. The fourth-order valence-corrected chi connectivity index (χ4v) is 4.41. The maximum absolute atomic E-state index is 13.4. The molecule has 12 nitrogen and oxygen atoms in total. The van der Waals surface area contributed by atoms with Crippen LogP contribution >= 0.6 is 0 Å². The van der Waals surface area contributed by atoms with Gasteiger partial charge in [-0.3, -0.25) is 19.2 Å². The standard InChI is InChI=1S/C28H35N5O7/c29-24(35)13-12-21(31-25(36)20-7-4-14-30-20)26(37)32-22(15-17-5-2-1-3-6-17)27(38)33-23(28(39)40)16-18-8-10-19(34)11-9-18/h1-3,5-6,8-11,20-23,30,34H,4,7,12-16H2,(H2,29,35)(H,31,36)(H,32,37)(H,33,38)(H,39,40)/t20-,21-,22-,23-/m0/s1. The van der Waals surface area contributed by atoms with Gasteiger partial charge < -0.3 is 37.2 Å². The Morgan fingerprint density at radius 2 is 1.45 bits per heavy atom. The highest BCUT2D eigenvalue weighted by Gasteiger charge is 2.32. The molecule has 3 rings (SSSR count). The largest absolute Gasteiger partial charge is 0.508 e. The molecule has 0 aromatic heterocycles. The van der Waals surface area contributed by atoms with Crippen LogP contribution in [-0.4, -0.2) is 70.5 Å². The maximum Gasteiger partial charge on any atom is 0.326 e. The van der Waals surface area contributed by atoms with Crippen molar-refractivity contribution in [1.29, 1.82) is 0 Å². The minimum Gasteiger partial charge on any atom is -0.508 e. The number of aromatic hydroxyl groups is 1. The normalized spacial score (nSPS) is 16.8. The molecule has 0 bridgehead atoms. The highest BCUT2D eigenvalue weighted by Crippen LogP contribution is 2.13.